The van der Waals surface area contributed by atoms with Gasteiger partial charge in [-0.1, -0.05) is 6.92 Å². The standard InChI is InChI=1S/C11H16O5/c1-7-4-5-14-10(6-15-8(2)12)11(7)16-9(3)13/h4-5,7,10-11H,6H2,1-3H3. The number of hydrogen-bond acceptors (Lipinski definition) is 5. The first-order valence-electron chi connectivity index (χ1n) is 5.13. The molecule has 1 heterocycles. The molecular formula is C11H16O5. The Morgan fingerprint density at radius 1 is 1.31 bits per heavy atom. The number of carbonyl (C=O) groups excluding carboxylic acids is 2. The van der Waals surface area contributed by atoms with Gasteiger partial charge in [-0.2, -0.15) is 0 Å². The highest BCUT2D eigenvalue weighted by molar-refractivity contribution is 5.66. The third-order valence-corrected chi connectivity index (χ3v) is 2.27. The summed E-state index contributed by atoms with van der Waals surface area (Å²) >= 11 is 0. The fourth-order valence-corrected chi connectivity index (χ4v) is 1.50. The summed E-state index contributed by atoms with van der Waals surface area (Å²) < 4.78 is 15.3. The Balaban J connectivity index is 2.60. The lowest BCUT2D eigenvalue weighted by Crippen LogP contribution is -2.42. The molecule has 1 aliphatic rings. The predicted octanol–water partition coefficient (Wildman–Crippen LogP) is 1.03. The zero-order valence-electron chi connectivity index (χ0n) is 9.64. The summed E-state index contributed by atoms with van der Waals surface area (Å²) in [6.45, 7) is 4.66. The summed E-state index contributed by atoms with van der Waals surface area (Å²) in [6, 6.07) is 0. The molecule has 0 aliphatic carbocycles. The van der Waals surface area contributed by atoms with E-state index in [1.165, 1.54) is 13.8 Å². The van der Waals surface area contributed by atoms with Crippen molar-refractivity contribution in [3.8, 4) is 0 Å². The Morgan fingerprint density at radius 3 is 2.56 bits per heavy atom. The Kier molecular flexibility index (Phi) is 4.34. The van der Waals surface area contributed by atoms with Gasteiger partial charge in [0.25, 0.3) is 0 Å². The second-order valence-corrected chi connectivity index (χ2v) is 3.74. The lowest BCUT2D eigenvalue weighted by molar-refractivity contribution is -0.163. The molecule has 16 heavy (non-hydrogen) atoms. The van der Waals surface area contributed by atoms with Crippen molar-refractivity contribution in [3.05, 3.63) is 12.3 Å². The van der Waals surface area contributed by atoms with Gasteiger partial charge in [0.15, 0.2) is 6.10 Å². The van der Waals surface area contributed by atoms with Crippen molar-refractivity contribution in [1.82, 2.24) is 0 Å². The smallest absolute Gasteiger partial charge is 0.303 e. The van der Waals surface area contributed by atoms with Gasteiger partial charge in [0, 0.05) is 19.8 Å². The van der Waals surface area contributed by atoms with Gasteiger partial charge in [0.1, 0.15) is 12.7 Å². The molecule has 0 N–H and O–H groups in total. The van der Waals surface area contributed by atoms with Crippen LogP contribution in [0.25, 0.3) is 0 Å². The zero-order chi connectivity index (χ0) is 12.1. The summed E-state index contributed by atoms with van der Waals surface area (Å²) in [6.07, 6.45) is 2.49. The minimum atomic E-state index is -0.437. The van der Waals surface area contributed by atoms with Crippen LogP contribution >= 0.6 is 0 Å². The molecule has 0 spiro atoms. The van der Waals surface area contributed by atoms with Gasteiger partial charge in [0.05, 0.1) is 6.26 Å². The minimum Gasteiger partial charge on any atom is -0.491 e. The fraction of sp³-hybridized carbons (Fsp3) is 0.636. The average molecular weight is 228 g/mol. The number of ether oxygens (including phenoxy) is 3. The summed E-state index contributed by atoms with van der Waals surface area (Å²) in [5.74, 6) is -0.714. The molecule has 0 radical (unpaired) electrons. The molecule has 0 amide bonds. The molecule has 5 heteroatoms. The van der Waals surface area contributed by atoms with Crippen molar-refractivity contribution in [2.24, 2.45) is 5.92 Å². The maximum absolute atomic E-state index is 10.9. The molecule has 1 rings (SSSR count). The van der Waals surface area contributed by atoms with Gasteiger partial charge in [-0.05, 0) is 6.08 Å². The van der Waals surface area contributed by atoms with Crippen LogP contribution < -0.4 is 0 Å². The van der Waals surface area contributed by atoms with Crippen molar-refractivity contribution in [2.45, 2.75) is 33.0 Å². The number of rotatable bonds is 3. The van der Waals surface area contributed by atoms with Crippen LogP contribution in [0.1, 0.15) is 20.8 Å². The molecular weight excluding hydrogens is 212 g/mol. The summed E-state index contributed by atoms with van der Waals surface area (Å²) in [7, 11) is 0. The van der Waals surface area contributed by atoms with E-state index in [2.05, 4.69) is 0 Å². The molecule has 3 atom stereocenters. The second kappa shape index (κ2) is 5.53. The molecule has 0 aromatic heterocycles. The first-order chi connectivity index (χ1) is 7.50. The van der Waals surface area contributed by atoms with Gasteiger partial charge in [-0.25, -0.2) is 0 Å². The van der Waals surface area contributed by atoms with E-state index in [9.17, 15) is 9.59 Å². The van der Waals surface area contributed by atoms with E-state index in [-0.39, 0.29) is 24.5 Å². The quantitative estimate of drug-likeness (QED) is 0.675. The molecule has 5 nitrogen and oxygen atoms in total. The summed E-state index contributed by atoms with van der Waals surface area (Å²) in [5, 5.41) is 0. The van der Waals surface area contributed by atoms with Crippen LogP contribution in [0.5, 0.6) is 0 Å². The van der Waals surface area contributed by atoms with Crippen LogP contribution in [0.4, 0.5) is 0 Å². The second-order valence-electron chi connectivity index (χ2n) is 3.74. The molecule has 0 saturated carbocycles. The average Bonchev–Trinajstić information content (AvgIpc) is 2.18. The third kappa shape index (κ3) is 3.56. The maximum Gasteiger partial charge on any atom is 0.303 e. The Labute approximate surface area is 94.4 Å². The van der Waals surface area contributed by atoms with Crippen molar-refractivity contribution in [1.29, 1.82) is 0 Å². The van der Waals surface area contributed by atoms with E-state index in [0.29, 0.717) is 0 Å². The lowest BCUT2D eigenvalue weighted by atomic mass is 9.98. The fourth-order valence-electron chi connectivity index (χ4n) is 1.50. The highest BCUT2D eigenvalue weighted by Gasteiger charge is 2.33. The van der Waals surface area contributed by atoms with E-state index in [1.807, 2.05) is 6.92 Å². The van der Waals surface area contributed by atoms with E-state index >= 15 is 0 Å². The number of esters is 2. The normalized spacial score (nSPS) is 28.1. The minimum absolute atomic E-state index is 0.0400. The van der Waals surface area contributed by atoms with Gasteiger partial charge in [-0.15, -0.1) is 0 Å². The lowest BCUT2D eigenvalue weighted by Gasteiger charge is -2.31. The molecule has 90 valence electrons. The van der Waals surface area contributed by atoms with Gasteiger partial charge >= 0.3 is 11.9 Å². The summed E-state index contributed by atoms with van der Waals surface area (Å²) in [5.41, 5.74) is 0. The molecule has 0 aromatic carbocycles. The number of carbonyl (C=O) groups is 2. The third-order valence-electron chi connectivity index (χ3n) is 2.27. The highest BCUT2D eigenvalue weighted by atomic mass is 16.6. The molecule has 0 fully saturated rings. The van der Waals surface area contributed by atoms with Crippen LogP contribution in [0.3, 0.4) is 0 Å². The molecule has 0 aromatic rings. The van der Waals surface area contributed by atoms with Crippen molar-refractivity contribution >= 4 is 11.9 Å². The monoisotopic (exact) mass is 228 g/mol. The molecule has 3 unspecified atom stereocenters. The van der Waals surface area contributed by atoms with Crippen LogP contribution in [0.2, 0.25) is 0 Å². The Hall–Kier alpha value is -1.52. The Bertz CT molecular complexity index is 297. The van der Waals surface area contributed by atoms with Gasteiger partial charge in [0.2, 0.25) is 0 Å². The maximum atomic E-state index is 10.9. The van der Waals surface area contributed by atoms with E-state index in [1.54, 1.807) is 12.3 Å². The largest absolute Gasteiger partial charge is 0.491 e. The highest BCUT2D eigenvalue weighted by Crippen LogP contribution is 2.21. The zero-order valence-corrected chi connectivity index (χ0v) is 9.64. The molecule has 0 bridgehead atoms. The van der Waals surface area contributed by atoms with Crippen molar-refractivity contribution in [3.63, 3.8) is 0 Å². The number of hydrogen-bond donors (Lipinski definition) is 0. The predicted molar refractivity (Wildman–Crippen MR) is 55.4 cm³/mol. The molecule has 1 aliphatic heterocycles. The van der Waals surface area contributed by atoms with Crippen LogP contribution in [0.15, 0.2) is 12.3 Å². The van der Waals surface area contributed by atoms with E-state index < -0.39 is 12.2 Å². The molecule has 0 saturated heterocycles. The van der Waals surface area contributed by atoms with Crippen LogP contribution in [-0.2, 0) is 23.8 Å². The summed E-state index contributed by atoms with van der Waals surface area (Å²) in [4.78, 5) is 21.6. The topological polar surface area (TPSA) is 61.8 Å². The van der Waals surface area contributed by atoms with E-state index in [0.717, 1.165) is 0 Å². The van der Waals surface area contributed by atoms with Gasteiger partial charge in [-0.3, -0.25) is 9.59 Å². The SMILES string of the molecule is CC(=O)OCC1OC=CC(C)C1OC(C)=O. The van der Waals surface area contributed by atoms with Crippen molar-refractivity contribution in [2.75, 3.05) is 6.61 Å². The first kappa shape index (κ1) is 12.5. The van der Waals surface area contributed by atoms with Crippen LogP contribution in [0, 0.1) is 5.92 Å². The van der Waals surface area contributed by atoms with Crippen LogP contribution in [-0.4, -0.2) is 30.8 Å². The van der Waals surface area contributed by atoms with Gasteiger partial charge < -0.3 is 14.2 Å². The first-order valence-corrected chi connectivity index (χ1v) is 5.13. The van der Waals surface area contributed by atoms with Crippen molar-refractivity contribution < 1.29 is 23.8 Å². The van der Waals surface area contributed by atoms with E-state index in [4.69, 9.17) is 14.2 Å². The Morgan fingerprint density at radius 2 is 2.00 bits per heavy atom.